The fraction of sp³-hybridized carbons (Fsp3) is 0.333. The van der Waals surface area contributed by atoms with Crippen LogP contribution in [-0.4, -0.2) is 37.2 Å². The van der Waals surface area contributed by atoms with Crippen LogP contribution in [0.1, 0.15) is 18.4 Å². The number of rotatable bonds is 4. The Balaban J connectivity index is 0.00000182. The van der Waals surface area contributed by atoms with Crippen LogP contribution in [0, 0.1) is 0 Å². The zero-order valence-corrected chi connectivity index (χ0v) is 15.1. The molecule has 1 unspecified atom stereocenters. The van der Waals surface area contributed by atoms with E-state index < -0.39 is 0 Å². The molecule has 132 valence electrons. The average Bonchev–Trinajstić information content (AvgIpc) is 2.67. The van der Waals surface area contributed by atoms with E-state index in [1.165, 1.54) is 11.1 Å². The summed E-state index contributed by atoms with van der Waals surface area (Å²) in [5, 5.41) is 0. The lowest BCUT2D eigenvalue weighted by atomic mass is 9.99. The second-order valence-electron chi connectivity index (χ2n) is 6.43. The lowest BCUT2D eigenvalue weighted by molar-refractivity contribution is 0.0761. The molecular weight excluding hydrogens is 334 g/mol. The summed E-state index contributed by atoms with van der Waals surface area (Å²) < 4.78 is 11.8. The summed E-state index contributed by atoms with van der Waals surface area (Å²) >= 11 is 0. The molecule has 0 amide bonds. The molecule has 2 aromatic rings. The van der Waals surface area contributed by atoms with E-state index in [1.54, 1.807) is 0 Å². The number of ether oxygens (including phenoxy) is 2. The third kappa shape index (κ3) is 4.36. The van der Waals surface area contributed by atoms with Gasteiger partial charge in [0.2, 0.25) is 0 Å². The highest BCUT2D eigenvalue weighted by molar-refractivity contribution is 5.85. The molecule has 0 bridgehead atoms. The minimum Gasteiger partial charge on any atom is -0.486 e. The van der Waals surface area contributed by atoms with Gasteiger partial charge in [-0.1, -0.05) is 48.5 Å². The van der Waals surface area contributed by atoms with Crippen LogP contribution in [0.3, 0.4) is 0 Å². The number of halogens is 1. The molecule has 25 heavy (non-hydrogen) atoms. The van der Waals surface area contributed by atoms with Crippen molar-refractivity contribution in [1.29, 1.82) is 0 Å². The molecule has 0 saturated carbocycles. The van der Waals surface area contributed by atoms with Crippen LogP contribution < -0.4 is 9.47 Å². The molecule has 0 radical (unpaired) electrons. The maximum Gasteiger partial charge on any atom is 0.161 e. The molecule has 0 saturated heterocycles. The number of benzene rings is 2. The SMILES string of the molecule is C1=C(c2ccccc2)CCN(CCC2COc3ccccc3O2)C1.Cl. The van der Waals surface area contributed by atoms with Crippen molar-refractivity contribution in [1.82, 2.24) is 4.90 Å². The van der Waals surface area contributed by atoms with Gasteiger partial charge >= 0.3 is 0 Å². The van der Waals surface area contributed by atoms with Gasteiger partial charge in [0.15, 0.2) is 11.5 Å². The number of fused-ring (bicyclic) bond motifs is 1. The first-order chi connectivity index (χ1) is 11.9. The zero-order valence-electron chi connectivity index (χ0n) is 14.3. The van der Waals surface area contributed by atoms with E-state index >= 15 is 0 Å². The van der Waals surface area contributed by atoms with Gasteiger partial charge in [-0.05, 0) is 29.7 Å². The van der Waals surface area contributed by atoms with Crippen molar-refractivity contribution < 1.29 is 9.47 Å². The molecule has 4 rings (SSSR count). The fourth-order valence-corrected chi connectivity index (χ4v) is 3.36. The Morgan fingerprint density at radius 2 is 1.72 bits per heavy atom. The van der Waals surface area contributed by atoms with Gasteiger partial charge in [0.1, 0.15) is 12.7 Å². The molecule has 2 aliphatic heterocycles. The average molecular weight is 358 g/mol. The molecule has 0 aromatic heterocycles. The maximum atomic E-state index is 6.05. The third-order valence-electron chi connectivity index (χ3n) is 4.77. The van der Waals surface area contributed by atoms with Crippen LogP contribution in [0.25, 0.3) is 5.57 Å². The normalized spacial score (nSPS) is 19.7. The van der Waals surface area contributed by atoms with Gasteiger partial charge in [0.05, 0.1) is 0 Å². The predicted molar refractivity (Wildman–Crippen MR) is 104 cm³/mol. The number of para-hydroxylation sites is 2. The predicted octanol–water partition coefficient (Wildman–Crippen LogP) is 4.43. The monoisotopic (exact) mass is 357 g/mol. The molecule has 0 spiro atoms. The summed E-state index contributed by atoms with van der Waals surface area (Å²) in [6.07, 6.45) is 4.64. The van der Waals surface area contributed by atoms with E-state index in [9.17, 15) is 0 Å². The summed E-state index contributed by atoms with van der Waals surface area (Å²) in [4.78, 5) is 2.50. The Bertz CT molecular complexity index is 717. The van der Waals surface area contributed by atoms with E-state index in [4.69, 9.17) is 9.47 Å². The first kappa shape index (κ1) is 17.8. The molecular formula is C21H24ClNO2. The maximum absolute atomic E-state index is 6.05. The van der Waals surface area contributed by atoms with Gasteiger partial charge in [0, 0.05) is 26.1 Å². The Morgan fingerprint density at radius 3 is 2.48 bits per heavy atom. The number of hydrogen-bond acceptors (Lipinski definition) is 3. The summed E-state index contributed by atoms with van der Waals surface area (Å²) in [6, 6.07) is 18.6. The molecule has 0 fully saturated rings. The highest BCUT2D eigenvalue weighted by Gasteiger charge is 2.22. The van der Waals surface area contributed by atoms with Gasteiger partial charge in [-0.2, -0.15) is 0 Å². The summed E-state index contributed by atoms with van der Waals surface area (Å²) in [7, 11) is 0. The van der Waals surface area contributed by atoms with E-state index in [-0.39, 0.29) is 18.5 Å². The number of hydrogen-bond donors (Lipinski definition) is 0. The molecule has 2 aromatic carbocycles. The van der Waals surface area contributed by atoms with E-state index in [2.05, 4.69) is 41.3 Å². The Kier molecular flexibility index (Phi) is 6.00. The van der Waals surface area contributed by atoms with Crippen molar-refractivity contribution in [3.05, 3.63) is 66.2 Å². The van der Waals surface area contributed by atoms with Crippen LogP contribution >= 0.6 is 12.4 Å². The lowest BCUT2D eigenvalue weighted by Crippen LogP contribution is -2.36. The van der Waals surface area contributed by atoms with Crippen molar-refractivity contribution in [3.8, 4) is 11.5 Å². The first-order valence-corrected chi connectivity index (χ1v) is 8.74. The van der Waals surface area contributed by atoms with Crippen molar-refractivity contribution in [2.75, 3.05) is 26.2 Å². The highest BCUT2D eigenvalue weighted by atomic mass is 35.5. The topological polar surface area (TPSA) is 21.7 Å². The molecule has 4 heteroatoms. The van der Waals surface area contributed by atoms with Crippen LogP contribution in [0.4, 0.5) is 0 Å². The Labute approximate surface area is 155 Å². The first-order valence-electron chi connectivity index (χ1n) is 8.74. The van der Waals surface area contributed by atoms with E-state index in [0.717, 1.165) is 44.0 Å². The van der Waals surface area contributed by atoms with Gasteiger partial charge < -0.3 is 9.47 Å². The third-order valence-corrected chi connectivity index (χ3v) is 4.77. The molecule has 2 heterocycles. The molecule has 3 nitrogen and oxygen atoms in total. The molecule has 2 aliphatic rings. The Morgan fingerprint density at radius 1 is 0.960 bits per heavy atom. The highest BCUT2D eigenvalue weighted by Crippen LogP contribution is 2.31. The molecule has 0 aliphatic carbocycles. The van der Waals surface area contributed by atoms with Crippen LogP contribution in [0.15, 0.2) is 60.7 Å². The summed E-state index contributed by atoms with van der Waals surface area (Å²) in [5.74, 6) is 1.74. The van der Waals surface area contributed by atoms with Crippen LogP contribution in [0.2, 0.25) is 0 Å². The standard InChI is InChI=1S/C21H23NO2.ClH/c1-2-6-17(7-3-1)18-10-13-22(14-11-18)15-12-19-16-23-20-8-4-5-9-21(20)24-19;/h1-10,19H,11-16H2;1H. The smallest absolute Gasteiger partial charge is 0.161 e. The lowest BCUT2D eigenvalue weighted by Gasteiger charge is -2.30. The van der Waals surface area contributed by atoms with Crippen LogP contribution in [0.5, 0.6) is 11.5 Å². The summed E-state index contributed by atoms with van der Waals surface area (Å²) in [6.45, 7) is 3.84. The van der Waals surface area contributed by atoms with Gasteiger partial charge in [-0.15, -0.1) is 12.4 Å². The second-order valence-corrected chi connectivity index (χ2v) is 6.43. The van der Waals surface area contributed by atoms with Gasteiger partial charge in [-0.25, -0.2) is 0 Å². The molecule has 0 N–H and O–H groups in total. The molecule has 1 atom stereocenters. The van der Waals surface area contributed by atoms with E-state index in [1.807, 2.05) is 24.3 Å². The fourth-order valence-electron chi connectivity index (χ4n) is 3.36. The minimum absolute atomic E-state index is 0. The van der Waals surface area contributed by atoms with Crippen molar-refractivity contribution >= 4 is 18.0 Å². The van der Waals surface area contributed by atoms with Crippen molar-refractivity contribution in [2.24, 2.45) is 0 Å². The quantitative estimate of drug-likeness (QED) is 0.808. The minimum atomic E-state index is 0. The van der Waals surface area contributed by atoms with Crippen molar-refractivity contribution in [3.63, 3.8) is 0 Å². The van der Waals surface area contributed by atoms with Gasteiger partial charge in [0.25, 0.3) is 0 Å². The Hall–Kier alpha value is -1.97. The van der Waals surface area contributed by atoms with E-state index in [0.29, 0.717) is 6.61 Å². The summed E-state index contributed by atoms with van der Waals surface area (Å²) in [5.41, 5.74) is 2.83. The van der Waals surface area contributed by atoms with Crippen LogP contribution in [-0.2, 0) is 0 Å². The number of nitrogens with zero attached hydrogens (tertiary/aromatic N) is 1. The largest absolute Gasteiger partial charge is 0.486 e. The van der Waals surface area contributed by atoms with Crippen molar-refractivity contribution in [2.45, 2.75) is 18.9 Å². The second kappa shape index (κ2) is 8.41. The zero-order chi connectivity index (χ0) is 16.2. The van der Waals surface area contributed by atoms with Gasteiger partial charge in [-0.3, -0.25) is 4.90 Å².